The maximum absolute atomic E-state index is 9.10. The van der Waals surface area contributed by atoms with E-state index in [1.54, 1.807) is 0 Å². The fourth-order valence-corrected chi connectivity index (χ4v) is 1.53. The summed E-state index contributed by atoms with van der Waals surface area (Å²) in [5.41, 5.74) is 1.25. The topological polar surface area (TPSA) is 105 Å². The third-order valence-electron chi connectivity index (χ3n) is 2.83. The quantitative estimate of drug-likeness (QED) is 0.441. The van der Waals surface area contributed by atoms with Crippen LogP contribution in [0.4, 0.5) is 0 Å². The molecule has 0 saturated heterocycles. The Bertz CT molecular complexity index is 449. The Kier molecular flexibility index (Phi) is 13.2. The summed E-state index contributed by atoms with van der Waals surface area (Å²) in [5.74, 6) is -2.74. The Morgan fingerprint density at radius 2 is 1.62 bits per heavy atom. The van der Waals surface area contributed by atoms with E-state index >= 15 is 0 Å². The van der Waals surface area contributed by atoms with E-state index in [-0.39, 0.29) is 0 Å². The molecule has 0 aliphatic carbocycles. The van der Waals surface area contributed by atoms with E-state index in [2.05, 4.69) is 19.2 Å². The molecule has 0 fully saturated rings. The summed E-state index contributed by atoms with van der Waals surface area (Å²) in [6, 6.07) is 8.07. The lowest BCUT2D eigenvalue weighted by Gasteiger charge is -2.08. The second-order valence-electron chi connectivity index (χ2n) is 4.99. The van der Waals surface area contributed by atoms with E-state index in [4.69, 9.17) is 29.3 Å². The number of carboxylic acid groups (broad SMARTS) is 2. The van der Waals surface area contributed by atoms with Crippen LogP contribution >= 0.6 is 0 Å². The Labute approximate surface area is 142 Å². The van der Waals surface area contributed by atoms with E-state index in [0.717, 1.165) is 25.4 Å². The van der Waals surface area contributed by atoms with Gasteiger partial charge in [0.2, 0.25) is 0 Å². The molecular formula is C17H27NO6. The highest BCUT2D eigenvalue weighted by molar-refractivity contribution is 6.27. The second-order valence-corrected chi connectivity index (χ2v) is 4.99. The van der Waals surface area contributed by atoms with E-state index in [1.807, 2.05) is 24.3 Å². The molecule has 0 bridgehead atoms. The molecular weight excluding hydrogens is 314 g/mol. The average Bonchev–Trinajstić information content (AvgIpc) is 2.55. The number of unbranched alkanes of at least 4 members (excludes halogenated alkanes) is 1. The molecule has 0 amide bonds. The Balaban J connectivity index is 0.000000754. The zero-order valence-corrected chi connectivity index (χ0v) is 14.3. The average molecular weight is 341 g/mol. The number of aryl methyl sites for hydroxylation is 1. The molecule has 0 atom stereocenters. The first-order chi connectivity index (χ1) is 11.5. The molecule has 1 aromatic carbocycles. The maximum atomic E-state index is 9.10. The number of hydrogen-bond acceptors (Lipinski definition) is 5. The van der Waals surface area contributed by atoms with Crippen LogP contribution in [-0.4, -0.2) is 55.1 Å². The van der Waals surface area contributed by atoms with E-state index in [0.29, 0.717) is 13.2 Å². The number of rotatable bonds is 10. The molecule has 7 nitrogen and oxygen atoms in total. The fourth-order valence-electron chi connectivity index (χ4n) is 1.53. The van der Waals surface area contributed by atoms with Crippen LogP contribution < -0.4 is 10.1 Å². The highest BCUT2D eigenvalue weighted by Gasteiger charge is 2.04. The number of aliphatic carboxylic acids is 2. The second kappa shape index (κ2) is 14.5. The third-order valence-corrected chi connectivity index (χ3v) is 2.83. The Morgan fingerprint density at radius 1 is 1.00 bits per heavy atom. The SMILES string of the molecule is CCCCNCCOCCOc1ccc(C)cc1.O=C(O)C(=O)O. The molecule has 0 aliphatic rings. The van der Waals surface area contributed by atoms with Gasteiger partial charge in [-0.1, -0.05) is 31.0 Å². The van der Waals surface area contributed by atoms with E-state index < -0.39 is 11.9 Å². The summed E-state index contributed by atoms with van der Waals surface area (Å²) < 4.78 is 11.0. The van der Waals surface area contributed by atoms with Crippen LogP contribution in [0.25, 0.3) is 0 Å². The summed E-state index contributed by atoms with van der Waals surface area (Å²) in [6.45, 7) is 8.27. The van der Waals surface area contributed by atoms with Crippen LogP contribution in [0.2, 0.25) is 0 Å². The highest BCUT2D eigenvalue weighted by Crippen LogP contribution is 2.10. The van der Waals surface area contributed by atoms with Gasteiger partial charge in [0.15, 0.2) is 0 Å². The van der Waals surface area contributed by atoms with Crippen molar-refractivity contribution in [3.05, 3.63) is 29.8 Å². The summed E-state index contributed by atoms with van der Waals surface area (Å²) in [6.07, 6.45) is 2.47. The predicted octanol–water partition coefficient (Wildman–Crippen LogP) is 1.94. The fraction of sp³-hybridized carbons (Fsp3) is 0.529. The van der Waals surface area contributed by atoms with Crippen molar-refractivity contribution in [3.8, 4) is 5.75 Å². The van der Waals surface area contributed by atoms with Crippen molar-refractivity contribution in [2.24, 2.45) is 0 Å². The Morgan fingerprint density at radius 3 is 2.17 bits per heavy atom. The van der Waals surface area contributed by atoms with Gasteiger partial charge >= 0.3 is 11.9 Å². The summed E-state index contributed by atoms with van der Waals surface area (Å²) >= 11 is 0. The number of carboxylic acids is 2. The van der Waals surface area contributed by atoms with Crippen LogP contribution in [0.1, 0.15) is 25.3 Å². The lowest BCUT2D eigenvalue weighted by atomic mass is 10.2. The van der Waals surface area contributed by atoms with Crippen molar-refractivity contribution in [3.63, 3.8) is 0 Å². The molecule has 0 radical (unpaired) electrons. The summed E-state index contributed by atoms with van der Waals surface area (Å²) in [4.78, 5) is 18.2. The molecule has 0 aromatic heterocycles. The van der Waals surface area contributed by atoms with Gasteiger partial charge in [-0.15, -0.1) is 0 Å². The minimum atomic E-state index is -1.82. The zero-order valence-electron chi connectivity index (χ0n) is 14.3. The molecule has 3 N–H and O–H groups in total. The molecule has 0 heterocycles. The lowest BCUT2D eigenvalue weighted by Crippen LogP contribution is -2.21. The first-order valence-corrected chi connectivity index (χ1v) is 7.91. The molecule has 136 valence electrons. The van der Waals surface area contributed by atoms with Gasteiger partial charge in [0.05, 0.1) is 13.2 Å². The lowest BCUT2D eigenvalue weighted by molar-refractivity contribution is -0.159. The normalized spacial score (nSPS) is 9.75. The van der Waals surface area contributed by atoms with Crippen LogP contribution in [0.15, 0.2) is 24.3 Å². The molecule has 1 rings (SSSR count). The van der Waals surface area contributed by atoms with Crippen molar-refractivity contribution in [1.82, 2.24) is 5.32 Å². The number of nitrogens with one attached hydrogen (secondary N) is 1. The maximum Gasteiger partial charge on any atom is 0.414 e. The van der Waals surface area contributed by atoms with Crippen molar-refractivity contribution in [2.45, 2.75) is 26.7 Å². The molecule has 0 spiro atoms. The molecule has 0 aliphatic heterocycles. The summed E-state index contributed by atoms with van der Waals surface area (Å²) in [7, 11) is 0. The van der Waals surface area contributed by atoms with Crippen LogP contribution in [0.3, 0.4) is 0 Å². The van der Waals surface area contributed by atoms with E-state index in [1.165, 1.54) is 18.4 Å². The van der Waals surface area contributed by atoms with Crippen LogP contribution in [-0.2, 0) is 14.3 Å². The largest absolute Gasteiger partial charge is 0.491 e. The first-order valence-electron chi connectivity index (χ1n) is 7.91. The van der Waals surface area contributed by atoms with Gasteiger partial charge in [0.25, 0.3) is 0 Å². The number of ether oxygens (including phenoxy) is 2. The van der Waals surface area contributed by atoms with Gasteiger partial charge in [-0.25, -0.2) is 9.59 Å². The predicted molar refractivity (Wildman–Crippen MR) is 90.5 cm³/mol. The molecule has 1 aromatic rings. The smallest absolute Gasteiger partial charge is 0.414 e. The van der Waals surface area contributed by atoms with Gasteiger partial charge in [0.1, 0.15) is 12.4 Å². The number of benzene rings is 1. The van der Waals surface area contributed by atoms with Crippen molar-refractivity contribution >= 4 is 11.9 Å². The highest BCUT2D eigenvalue weighted by atomic mass is 16.5. The minimum absolute atomic E-state index is 0.609. The molecule has 0 unspecified atom stereocenters. The monoisotopic (exact) mass is 341 g/mol. The van der Waals surface area contributed by atoms with Gasteiger partial charge in [-0.2, -0.15) is 0 Å². The molecule has 7 heteroatoms. The van der Waals surface area contributed by atoms with Gasteiger partial charge < -0.3 is 25.0 Å². The van der Waals surface area contributed by atoms with Crippen LogP contribution in [0.5, 0.6) is 5.75 Å². The van der Waals surface area contributed by atoms with Gasteiger partial charge in [-0.3, -0.25) is 0 Å². The molecule has 24 heavy (non-hydrogen) atoms. The number of carbonyl (C=O) groups is 2. The van der Waals surface area contributed by atoms with Crippen molar-refractivity contribution in [2.75, 3.05) is 32.9 Å². The van der Waals surface area contributed by atoms with Gasteiger partial charge in [0, 0.05) is 6.54 Å². The number of hydrogen-bond donors (Lipinski definition) is 3. The van der Waals surface area contributed by atoms with E-state index in [9.17, 15) is 0 Å². The van der Waals surface area contributed by atoms with Crippen molar-refractivity contribution in [1.29, 1.82) is 0 Å². The Hall–Kier alpha value is -2.12. The van der Waals surface area contributed by atoms with Crippen molar-refractivity contribution < 1.29 is 29.3 Å². The molecule has 0 saturated carbocycles. The summed E-state index contributed by atoms with van der Waals surface area (Å²) in [5, 5.41) is 18.1. The minimum Gasteiger partial charge on any atom is -0.491 e. The zero-order chi connectivity index (χ0) is 18.2. The first kappa shape index (κ1) is 21.9. The van der Waals surface area contributed by atoms with Crippen LogP contribution in [0, 0.1) is 6.92 Å². The standard InChI is InChI=1S/C15H25NO2.C2H2O4/c1-3-4-9-16-10-11-17-12-13-18-15-7-5-14(2)6-8-15;3-1(4)2(5)6/h5-8,16H,3-4,9-13H2,1-2H3;(H,3,4)(H,5,6). The third kappa shape index (κ3) is 13.5. The van der Waals surface area contributed by atoms with Gasteiger partial charge in [-0.05, 0) is 32.0 Å².